The summed E-state index contributed by atoms with van der Waals surface area (Å²) in [6, 6.07) is 6.26. The summed E-state index contributed by atoms with van der Waals surface area (Å²) < 4.78 is 13.0. The summed E-state index contributed by atoms with van der Waals surface area (Å²) in [6.45, 7) is 0.271. The highest BCUT2D eigenvalue weighted by Crippen LogP contribution is 2.11. The number of benzene rings is 1. The minimum atomic E-state index is -0.287. The molecular formula is C12H17FN2O. The number of hydrogen-bond acceptors (Lipinski definition) is 2. The molecule has 1 rings (SSSR count). The SMILES string of the molecule is CN(C)C(=O)C(CN)Cc1cccc(F)c1. The molecule has 2 N–H and O–H groups in total. The number of rotatable bonds is 4. The summed E-state index contributed by atoms with van der Waals surface area (Å²) in [6.07, 6.45) is 0.477. The van der Waals surface area contributed by atoms with Crippen LogP contribution >= 0.6 is 0 Å². The van der Waals surface area contributed by atoms with Crippen LogP contribution in [0.2, 0.25) is 0 Å². The zero-order chi connectivity index (χ0) is 12.1. The normalized spacial score (nSPS) is 12.2. The maximum Gasteiger partial charge on any atom is 0.226 e. The third-order valence-electron chi connectivity index (χ3n) is 2.45. The van der Waals surface area contributed by atoms with Crippen molar-refractivity contribution in [1.29, 1.82) is 0 Å². The van der Waals surface area contributed by atoms with E-state index in [-0.39, 0.29) is 24.2 Å². The second-order valence-corrected chi connectivity index (χ2v) is 4.00. The first-order valence-electron chi connectivity index (χ1n) is 5.20. The molecule has 0 saturated carbocycles. The Morgan fingerprint density at radius 1 is 1.50 bits per heavy atom. The van der Waals surface area contributed by atoms with Crippen LogP contribution in [0.3, 0.4) is 0 Å². The van der Waals surface area contributed by atoms with Crippen molar-refractivity contribution in [2.24, 2.45) is 11.7 Å². The zero-order valence-electron chi connectivity index (χ0n) is 9.61. The van der Waals surface area contributed by atoms with Crippen molar-refractivity contribution >= 4 is 5.91 Å². The quantitative estimate of drug-likeness (QED) is 0.830. The van der Waals surface area contributed by atoms with Gasteiger partial charge in [0, 0.05) is 20.6 Å². The molecule has 0 radical (unpaired) electrons. The molecule has 0 aliphatic rings. The fourth-order valence-corrected chi connectivity index (χ4v) is 1.59. The number of carbonyl (C=O) groups excluding carboxylic acids is 1. The van der Waals surface area contributed by atoms with Crippen LogP contribution in [0.25, 0.3) is 0 Å². The molecule has 16 heavy (non-hydrogen) atoms. The minimum absolute atomic E-state index is 0.0215. The van der Waals surface area contributed by atoms with Crippen LogP contribution < -0.4 is 5.73 Å². The summed E-state index contributed by atoms with van der Waals surface area (Å²) in [5, 5.41) is 0. The fraction of sp³-hybridized carbons (Fsp3) is 0.417. The third kappa shape index (κ3) is 3.31. The Morgan fingerprint density at radius 2 is 2.19 bits per heavy atom. The predicted octanol–water partition coefficient (Wildman–Crippen LogP) is 1.03. The van der Waals surface area contributed by atoms with E-state index in [1.54, 1.807) is 26.2 Å². The summed E-state index contributed by atoms with van der Waals surface area (Å²) in [4.78, 5) is 13.2. The highest BCUT2D eigenvalue weighted by atomic mass is 19.1. The van der Waals surface area contributed by atoms with Gasteiger partial charge in [-0.15, -0.1) is 0 Å². The molecule has 4 heteroatoms. The van der Waals surface area contributed by atoms with Crippen molar-refractivity contribution in [3.8, 4) is 0 Å². The molecule has 0 bridgehead atoms. The molecule has 1 aromatic rings. The van der Waals surface area contributed by atoms with E-state index < -0.39 is 0 Å². The Balaban J connectivity index is 2.74. The average molecular weight is 224 g/mol. The molecule has 0 aliphatic carbocycles. The predicted molar refractivity (Wildman–Crippen MR) is 61.3 cm³/mol. The smallest absolute Gasteiger partial charge is 0.226 e. The number of nitrogens with two attached hydrogens (primary N) is 1. The lowest BCUT2D eigenvalue weighted by atomic mass is 9.98. The van der Waals surface area contributed by atoms with Gasteiger partial charge in [0.2, 0.25) is 5.91 Å². The lowest BCUT2D eigenvalue weighted by Gasteiger charge is -2.19. The highest BCUT2D eigenvalue weighted by molar-refractivity contribution is 5.78. The van der Waals surface area contributed by atoms with Gasteiger partial charge in [0.15, 0.2) is 0 Å². The van der Waals surface area contributed by atoms with E-state index in [2.05, 4.69) is 0 Å². The lowest BCUT2D eigenvalue weighted by molar-refractivity contribution is -0.132. The summed E-state index contributed by atoms with van der Waals surface area (Å²) >= 11 is 0. The molecule has 0 heterocycles. The molecule has 1 aromatic carbocycles. The molecule has 88 valence electrons. The van der Waals surface area contributed by atoms with Gasteiger partial charge in [-0.3, -0.25) is 4.79 Å². The van der Waals surface area contributed by atoms with Crippen molar-refractivity contribution in [3.63, 3.8) is 0 Å². The van der Waals surface area contributed by atoms with Gasteiger partial charge in [-0.05, 0) is 24.1 Å². The molecule has 0 spiro atoms. The molecule has 1 atom stereocenters. The van der Waals surface area contributed by atoms with Gasteiger partial charge >= 0.3 is 0 Å². The third-order valence-corrected chi connectivity index (χ3v) is 2.45. The van der Waals surface area contributed by atoms with Gasteiger partial charge in [-0.1, -0.05) is 12.1 Å². The van der Waals surface area contributed by atoms with Gasteiger partial charge in [-0.2, -0.15) is 0 Å². The van der Waals surface area contributed by atoms with E-state index in [0.717, 1.165) is 5.56 Å². The van der Waals surface area contributed by atoms with E-state index in [4.69, 9.17) is 5.73 Å². The van der Waals surface area contributed by atoms with Crippen LogP contribution in [0.4, 0.5) is 4.39 Å². The van der Waals surface area contributed by atoms with E-state index >= 15 is 0 Å². The van der Waals surface area contributed by atoms with Gasteiger partial charge < -0.3 is 10.6 Å². The first-order valence-corrected chi connectivity index (χ1v) is 5.20. The Kier molecular flexibility index (Phi) is 4.43. The van der Waals surface area contributed by atoms with Crippen LogP contribution in [0.5, 0.6) is 0 Å². The van der Waals surface area contributed by atoms with Crippen LogP contribution in [0.1, 0.15) is 5.56 Å². The van der Waals surface area contributed by atoms with E-state index in [1.807, 2.05) is 0 Å². The standard InChI is InChI=1S/C12H17FN2O/c1-15(2)12(16)10(8-14)6-9-4-3-5-11(13)7-9/h3-5,7,10H,6,8,14H2,1-2H3. The molecule has 0 fully saturated rings. The van der Waals surface area contributed by atoms with E-state index in [0.29, 0.717) is 6.42 Å². The summed E-state index contributed by atoms with van der Waals surface area (Å²) in [5.74, 6) is -0.589. The van der Waals surface area contributed by atoms with Crippen molar-refractivity contribution in [3.05, 3.63) is 35.6 Å². The summed E-state index contributed by atoms with van der Waals surface area (Å²) in [7, 11) is 3.38. The lowest BCUT2D eigenvalue weighted by Crippen LogP contribution is -2.35. The average Bonchev–Trinajstić information content (AvgIpc) is 2.25. The number of amides is 1. The van der Waals surface area contributed by atoms with Gasteiger partial charge in [0.1, 0.15) is 5.82 Å². The van der Waals surface area contributed by atoms with Crippen molar-refractivity contribution < 1.29 is 9.18 Å². The Hall–Kier alpha value is -1.42. The molecule has 1 unspecified atom stereocenters. The van der Waals surface area contributed by atoms with E-state index in [1.165, 1.54) is 17.0 Å². The molecule has 1 amide bonds. The van der Waals surface area contributed by atoms with Crippen LogP contribution in [-0.2, 0) is 11.2 Å². The fourth-order valence-electron chi connectivity index (χ4n) is 1.59. The van der Waals surface area contributed by atoms with Crippen molar-refractivity contribution in [1.82, 2.24) is 4.90 Å². The van der Waals surface area contributed by atoms with Crippen molar-refractivity contribution in [2.45, 2.75) is 6.42 Å². The highest BCUT2D eigenvalue weighted by Gasteiger charge is 2.18. The number of carbonyl (C=O) groups is 1. The maximum atomic E-state index is 13.0. The second kappa shape index (κ2) is 5.61. The van der Waals surface area contributed by atoms with Gasteiger partial charge in [0.25, 0.3) is 0 Å². The van der Waals surface area contributed by atoms with Crippen LogP contribution in [0, 0.1) is 11.7 Å². The number of nitrogens with zero attached hydrogens (tertiary/aromatic N) is 1. The summed E-state index contributed by atoms with van der Waals surface area (Å²) in [5.41, 5.74) is 6.35. The monoisotopic (exact) mass is 224 g/mol. The number of hydrogen-bond donors (Lipinski definition) is 1. The first-order chi connectivity index (χ1) is 7.54. The molecule has 0 saturated heterocycles. The Labute approximate surface area is 95.0 Å². The maximum absolute atomic E-state index is 13.0. The van der Waals surface area contributed by atoms with E-state index in [9.17, 15) is 9.18 Å². The van der Waals surface area contributed by atoms with Gasteiger partial charge in [-0.25, -0.2) is 4.39 Å². The van der Waals surface area contributed by atoms with Crippen LogP contribution in [0.15, 0.2) is 24.3 Å². The Morgan fingerprint density at radius 3 is 2.69 bits per heavy atom. The molecule has 3 nitrogen and oxygen atoms in total. The van der Waals surface area contributed by atoms with Gasteiger partial charge in [0.05, 0.1) is 5.92 Å². The molecule has 0 aliphatic heterocycles. The van der Waals surface area contributed by atoms with Crippen LogP contribution in [-0.4, -0.2) is 31.4 Å². The Bertz CT molecular complexity index is 366. The number of halogens is 1. The topological polar surface area (TPSA) is 46.3 Å². The van der Waals surface area contributed by atoms with Crippen molar-refractivity contribution in [2.75, 3.05) is 20.6 Å². The minimum Gasteiger partial charge on any atom is -0.349 e. The first kappa shape index (κ1) is 12.6. The molecular weight excluding hydrogens is 207 g/mol. The second-order valence-electron chi connectivity index (χ2n) is 4.00. The zero-order valence-corrected chi connectivity index (χ0v) is 9.61. The largest absolute Gasteiger partial charge is 0.349 e. The molecule has 0 aromatic heterocycles.